The lowest BCUT2D eigenvalue weighted by molar-refractivity contribution is 0.0934. The summed E-state index contributed by atoms with van der Waals surface area (Å²) in [6.07, 6.45) is 0. The fourth-order valence-electron chi connectivity index (χ4n) is 4.23. The predicted molar refractivity (Wildman–Crippen MR) is 131 cm³/mol. The zero-order valence-corrected chi connectivity index (χ0v) is 19.4. The summed E-state index contributed by atoms with van der Waals surface area (Å²) in [7, 11) is 3.03. The average molecular weight is 483 g/mol. The van der Waals surface area contributed by atoms with Gasteiger partial charge in [-0.15, -0.1) is 0 Å². The summed E-state index contributed by atoms with van der Waals surface area (Å²) in [5, 5.41) is 11.2. The van der Waals surface area contributed by atoms with Crippen molar-refractivity contribution in [2.75, 3.05) is 19.5 Å². The van der Waals surface area contributed by atoms with Gasteiger partial charge in [-0.3, -0.25) is 15.0 Å². The van der Waals surface area contributed by atoms with Crippen molar-refractivity contribution >= 4 is 29.1 Å². The van der Waals surface area contributed by atoms with Gasteiger partial charge in [-0.2, -0.15) is 10.2 Å². The predicted octanol–water partition coefficient (Wildman–Crippen LogP) is 4.28. The SMILES string of the molecule is COc1ccc(C2=C3C(=O)c4c(NC(=O)NNC(=O)c5ccccc5OC)cccc4C3N=N2)cc1. The highest BCUT2D eigenvalue weighted by Gasteiger charge is 2.42. The number of ether oxygens (including phenoxy) is 2. The summed E-state index contributed by atoms with van der Waals surface area (Å²) in [5.41, 5.74) is 7.86. The molecule has 0 bridgehead atoms. The van der Waals surface area contributed by atoms with E-state index in [1.54, 1.807) is 61.7 Å². The highest BCUT2D eigenvalue weighted by molar-refractivity contribution is 6.22. The molecule has 5 rings (SSSR count). The first-order valence-electron chi connectivity index (χ1n) is 11.0. The lowest BCUT2D eigenvalue weighted by Gasteiger charge is -2.13. The van der Waals surface area contributed by atoms with Gasteiger partial charge in [-0.1, -0.05) is 24.3 Å². The molecule has 36 heavy (non-hydrogen) atoms. The Morgan fingerprint density at radius 2 is 1.67 bits per heavy atom. The van der Waals surface area contributed by atoms with Crippen molar-refractivity contribution < 1.29 is 23.9 Å². The van der Waals surface area contributed by atoms with Crippen LogP contribution in [0.4, 0.5) is 10.5 Å². The third-order valence-corrected chi connectivity index (χ3v) is 5.92. The topological polar surface area (TPSA) is 130 Å². The van der Waals surface area contributed by atoms with Crippen LogP contribution in [-0.4, -0.2) is 31.9 Å². The molecule has 10 heteroatoms. The number of rotatable bonds is 5. The molecule has 3 amide bonds. The quantitative estimate of drug-likeness (QED) is 0.466. The third kappa shape index (κ3) is 3.94. The van der Waals surface area contributed by atoms with E-state index in [0.717, 1.165) is 5.56 Å². The molecule has 0 saturated heterocycles. The molecule has 1 atom stereocenters. The van der Waals surface area contributed by atoms with E-state index in [1.165, 1.54) is 7.11 Å². The molecule has 0 aromatic heterocycles. The second-order valence-electron chi connectivity index (χ2n) is 7.94. The summed E-state index contributed by atoms with van der Waals surface area (Å²) < 4.78 is 10.4. The number of ketones is 1. The van der Waals surface area contributed by atoms with E-state index in [1.807, 2.05) is 12.1 Å². The molecule has 1 heterocycles. The van der Waals surface area contributed by atoms with Crippen molar-refractivity contribution in [3.05, 3.63) is 94.6 Å². The highest BCUT2D eigenvalue weighted by atomic mass is 16.5. The number of anilines is 1. The van der Waals surface area contributed by atoms with Crippen molar-refractivity contribution in [1.29, 1.82) is 0 Å². The van der Waals surface area contributed by atoms with Crippen LogP contribution in [0.5, 0.6) is 11.5 Å². The molecule has 2 aliphatic rings. The van der Waals surface area contributed by atoms with Gasteiger partial charge in [0.05, 0.1) is 36.6 Å². The van der Waals surface area contributed by atoms with Gasteiger partial charge in [-0.05, 0) is 48.0 Å². The van der Waals surface area contributed by atoms with Crippen LogP contribution in [0.25, 0.3) is 5.70 Å². The maximum Gasteiger partial charge on any atom is 0.337 e. The molecule has 0 radical (unpaired) electrons. The van der Waals surface area contributed by atoms with E-state index in [9.17, 15) is 14.4 Å². The van der Waals surface area contributed by atoms with E-state index in [2.05, 4.69) is 26.4 Å². The lowest BCUT2D eigenvalue weighted by Crippen LogP contribution is -2.44. The average Bonchev–Trinajstić information content (AvgIpc) is 3.47. The molecule has 0 saturated carbocycles. The van der Waals surface area contributed by atoms with Crippen LogP contribution in [0.3, 0.4) is 0 Å². The standard InChI is InChI=1S/C26H21N5O5/c1-35-15-12-10-14(11-13-15)22-21-23(29-28-22)17-7-5-8-18(20(17)24(21)32)27-26(34)31-30-25(33)16-6-3-4-9-19(16)36-2/h3-13,23H,1-2H3,(H,30,33)(H2,27,31,34). The number of nitrogens with zero attached hydrogens (tertiary/aromatic N) is 2. The maximum atomic E-state index is 13.5. The Bertz CT molecular complexity index is 1450. The van der Waals surface area contributed by atoms with Crippen LogP contribution in [0.15, 0.2) is 82.5 Å². The van der Waals surface area contributed by atoms with Crippen LogP contribution in [0.1, 0.15) is 37.9 Å². The zero-order valence-electron chi connectivity index (χ0n) is 19.4. The number of carbonyl (C=O) groups excluding carboxylic acids is 3. The Morgan fingerprint density at radius 3 is 2.42 bits per heavy atom. The number of para-hydroxylation sites is 1. The van der Waals surface area contributed by atoms with Crippen molar-refractivity contribution in [2.45, 2.75) is 6.04 Å². The monoisotopic (exact) mass is 483 g/mol. The van der Waals surface area contributed by atoms with Gasteiger partial charge in [0.15, 0.2) is 5.78 Å². The molecular weight excluding hydrogens is 462 g/mol. The molecule has 3 N–H and O–H groups in total. The Labute approximate surface area is 206 Å². The molecule has 0 spiro atoms. The van der Waals surface area contributed by atoms with Gasteiger partial charge < -0.3 is 14.8 Å². The lowest BCUT2D eigenvalue weighted by atomic mass is 10.0. The van der Waals surface area contributed by atoms with Gasteiger partial charge in [-0.25, -0.2) is 10.2 Å². The first kappa shape index (κ1) is 22.8. The molecule has 10 nitrogen and oxygen atoms in total. The summed E-state index contributed by atoms with van der Waals surface area (Å²) >= 11 is 0. The fraction of sp³-hybridized carbons (Fsp3) is 0.115. The molecule has 1 unspecified atom stereocenters. The molecule has 1 aliphatic carbocycles. The third-order valence-electron chi connectivity index (χ3n) is 5.92. The maximum absolute atomic E-state index is 13.5. The zero-order chi connectivity index (χ0) is 25.2. The number of urea groups is 1. The number of methoxy groups -OCH3 is 2. The molecular formula is C26H21N5O5. The van der Waals surface area contributed by atoms with E-state index >= 15 is 0 Å². The fourth-order valence-corrected chi connectivity index (χ4v) is 4.23. The van der Waals surface area contributed by atoms with Crippen molar-refractivity contribution in [3.8, 4) is 11.5 Å². The second-order valence-corrected chi connectivity index (χ2v) is 7.94. The van der Waals surface area contributed by atoms with Gasteiger partial charge in [0.25, 0.3) is 5.91 Å². The van der Waals surface area contributed by atoms with Crippen molar-refractivity contribution in [3.63, 3.8) is 0 Å². The molecule has 180 valence electrons. The van der Waals surface area contributed by atoms with Crippen molar-refractivity contribution in [2.24, 2.45) is 10.2 Å². The van der Waals surface area contributed by atoms with E-state index < -0.39 is 18.0 Å². The number of Topliss-reactive ketones (excluding diaryl/α,β-unsaturated/α-hetero) is 1. The molecule has 3 aromatic carbocycles. The summed E-state index contributed by atoms with van der Waals surface area (Å²) in [4.78, 5) is 38.4. The summed E-state index contributed by atoms with van der Waals surface area (Å²) in [6, 6.07) is 17.7. The number of benzene rings is 3. The Kier molecular flexibility index (Phi) is 5.91. The van der Waals surface area contributed by atoms with E-state index in [-0.39, 0.29) is 11.3 Å². The summed E-state index contributed by atoms with van der Waals surface area (Å²) in [5.74, 6) is 0.235. The van der Waals surface area contributed by atoms with Crippen LogP contribution in [-0.2, 0) is 0 Å². The highest BCUT2D eigenvalue weighted by Crippen LogP contribution is 2.49. The largest absolute Gasteiger partial charge is 0.497 e. The van der Waals surface area contributed by atoms with Crippen LogP contribution in [0, 0.1) is 0 Å². The van der Waals surface area contributed by atoms with Crippen molar-refractivity contribution in [1.82, 2.24) is 10.9 Å². The number of amides is 3. The number of hydrogen-bond donors (Lipinski definition) is 3. The van der Waals surface area contributed by atoms with Crippen LogP contribution < -0.4 is 25.6 Å². The van der Waals surface area contributed by atoms with Crippen LogP contribution >= 0.6 is 0 Å². The van der Waals surface area contributed by atoms with Gasteiger partial charge in [0, 0.05) is 5.56 Å². The number of fused-ring (bicyclic) bond motifs is 3. The normalized spacial score (nSPS) is 15.3. The number of nitrogens with one attached hydrogen (secondary N) is 3. The smallest absolute Gasteiger partial charge is 0.337 e. The Morgan fingerprint density at radius 1 is 0.889 bits per heavy atom. The number of hydrazine groups is 1. The van der Waals surface area contributed by atoms with E-state index in [0.29, 0.717) is 39.6 Å². The number of azo groups is 1. The Hall–Kier alpha value is -4.99. The minimum absolute atomic E-state index is 0.257. The number of carbonyl (C=O) groups is 3. The Balaban J connectivity index is 1.34. The number of hydrogen-bond acceptors (Lipinski definition) is 7. The van der Waals surface area contributed by atoms with Crippen LogP contribution in [0.2, 0.25) is 0 Å². The first-order chi connectivity index (χ1) is 17.5. The molecule has 0 fully saturated rings. The van der Waals surface area contributed by atoms with Gasteiger partial charge in [0.2, 0.25) is 0 Å². The first-order valence-corrected chi connectivity index (χ1v) is 11.0. The van der Waals surface area contributed by atoms with Gasteiger partial charge in [0.1, 0.15) is 23.2 Å². The van der Waals surface area contributed by atoms with Gasteiger partial charge >= 0.3 is 6.03 Å². The minimum atomic E-state index is -0.720. The second kappa shape index (κ2) is 9.34. The summed E-state index contributed by atoms with van der Waals surface area (Å²) in [6.45, 7) is 0. The van der Waals surface area contributed by atoms with E-state index in [4.69, 9.17) is 9.47 Å². The minimum Gasteiger partial charge on any atom is -0.497 e. The molecule has 3 aromatic rings. The molecule has 1 aliphatic heterocycles.